The van der Waals surface area contributed by atoms with Crippen molar-refractivity contribution in [3.05, 3.63) is 27.9 Å². The molecule has 2 heterocycles. The molecule has 0 radical (unpaired) electrons. The Morgan fingerprint density at radius 3 is 2.70 bits per heavy atom. The van der Waals surface area contributed by atoms with E-state index in [1.807, 2.05) is 6.92 Å². The lowest BCUT2D eigenvalue weighted by Gasteiger charge is -2.38. The first-order valence-corrected chi connectivity index (χ1v) is 6.93. The number of nitro groups is 1. The van der Waals surface area contributed by atoms with Gasteiger partial charge in [-0.2, -0.15) is 0 Å². The molecule has 1 N–H and O–H groups in total. The second kappa shape index (κ2) is 5.75. The van der Waals surface area contributed by atoms with Gasteiger partial charge in [0.15, 0.2) is 0 Å². The third-order valence-corrected chi connectivity index (χ3v) is 4.15. The molecule has 0 atom stereocenters. The van der Waals surface area contributed by atoms with Gasteiger partial charge in [0.05, 0.1) is 4.92 Å². The number of likely N-dealkylation sites (tertiary alicyclic amines) is 1. The lowest BCUT2D eigenvalue weighted by Crippen LogP contribution is -2.40. The zero-order chi connectivity index (χ0) is 14.8. The minimum absolute atomic E-state index is 0.0403. The normalized spacial score (nSPS) is 18.8. The van der Waals surface area contributed by atoms with Crippen molar-refractivity contribution in [2.45, 2.75) is 26.7 Å². The Bertz CT molecular complexity index is 496. The van der Waals surface area contributed by atoms with Gasteiger partial charge in [-0.15, -0.1) is 0 Å². The molecule has 0 unspecified atom stereocenters. The van der Waals surface area contributed by atoms with Crippen molar-refractivity contribution in [1.82, 2.24) is 9.88 Å². The van der Waals surface area contributed by atoms with Gasteiger partial charge in [0.25, 0.3) is 5.69 Å². The Morgan fingerprint density at radius 1 is 1.50 bits per heavy atom. The van der Waals surface area contributed by atoms with Crippen LogP contribution in [0, 0.1) is 22.5 Å². The van der Waals surface area contributed by atoms with Gasteiger partial charge < -0.3 is 10.2 Å². The quantitative estimate of drug-likeness (QED) is 0.676. The molecule has 0 aliphatic carbocycles. The first-order chi connectivity index (χ1) is 9.39. The van der Waals surface area contributed by atoms with Crippen LogP contribution >= 0.6 is 0 Å². The smallest absolute Gasteiger partial charge is 0.287 e. The topological polar surface area (TPSA) is 71.3 Å². The summed E-state index contributed by atoms with van der Waals surface area (Å²) in [5, 5.41) is 14.0. The highest BCUT2D eigenvalue weighted by Crippen LogP contribution is 2.31. The number of nitrogens with one attached hydrogen (secondary N) is 1. The fourth-order valence-corrected chi connectivity index (χ4v) is 2.48. The van der Waals surface area contributed by atoms with Gasteiger partial charge in [-0.1, -0.05) is 6.92 Å². The molecule has 1 fully saturated rings. The zero-order valence-corrected chi connectivity index (χ0v) is 12.3. The lowest BCUT2D eigenvalue weighted by atomic mass is 9.80. The van der Waals surface area contributed by atoms with Crippen LogP contribution < -0.4 is 5.32 Å². The molecule has 1 saturated heterocycles. The summed E-state index contributed by atoms with van der Waals surface area (Å²) < 4.78 is 0. The average molecular weight is 278 g/mol. The first kappa shape index (κ1) is 14.7. The summed E-state index contributed by atoms with van der Waals surface area (Å²) in [6, 6.07) is 1.56. The van der Waals surface area contributed by atoms with Crippen molar-refractivity contribution in [3.63, 3.8) is 0 Å². The maximum Gasteiger partial charge on any atom is 0.287 e. The number of aromatic nitrogens is 1. The van der Waals surface area contributed by atoms with E-state index < -0.39 is 4.92 Å². The number of piperidine rings is 1. The molecule has 0 saturated carbocycles. The molecule has 6 nitrogen and oxygen atoms in total. The van der Waals surface area contributed by atoms with Crippen LogP contribution in [0.15, 0.2) is 12.3 Å². The Labute approximate surface area is 119 Å². The minimum atomic E-state index is -0.415. The second-order valence-corrected chi connectivity index (χ2v) is 6.08. The van der Waals surface area contributed by atoms with Gasteiger partial charge >= 0.3 is 0 Å². The lowest BCUT2D eigenvalue weighted by molar-refractivity contribution is -0.385. The zero-order valence-electron chi connectivity index (χ0n) is 12.3. The van der Waals surface area contributed by atoms with Crippen LogP contribution in [0.5, 0.6) is 0 Å². The van der Waals surface area contributed by atoms with Crippen molar-refractivity contribution < 1.29 is 4.92 Å². The number of hydrogen-bond donors (Lipinski definition) is 1. The van der Waals surface area contributed by atoms with Crippen molar-refractivity contribution in [2.75, 3.05) is 32.0 Å². The number of anilines is 1. The number of rotatable bonds is 4. The van der Waals surface area contributed by atoms with Gasteiger partial charge in [0.1, 0.15) is 12.0 Å². The standard InChI is InChI=1S/C14H22N4O2/c1-11-8-12(18(19)20)9-15-13(11)16-10-14(2)4-6-17(3)7-5-14/h8-9H,4-7,10H2,1-3H3,(H,15,16). The van der Waals surface area contributed by atoms with Crippen LogP contribution in [0.2, 0.25) is 0 Å². The molecule has 1 aliphatic rings. The summed E-state index contributed by atoms with van der Waals surface area (Å²) >= 11 is 0. The van der Waals surface area contributed by atoms with E-state index in [1.54, 1.807) is 6.07 Å². The van der Waals surface area contributed by atoms with Gasteiger partial charge in [-0.25, -0.2) is 4.98 Å². The van der Waals surface area contributed by atoms with E-state index in [1.165, 1.54) is 6.20 Å². The molecule has 1 aromatic heterocycles. The van der Waals surface area contributed by atoms with Crippen molar-refractivity contribution in [3.8, 4) is 0 Å². The van der Waals surface area contributed by atoms with Crippen LogP contribution in [0.4, 0.5) is 11.5 Å². The summed E-state index contributed by atoms with van der Waals surface area (Å²) in [5.41, 5.74) is 1.12. The summed E-state index contributed by atoms with van der Waals surface area (Å²) in [6.45, 7) is 7.22. The molecule has 0 amide bonds. The molecule has 1 aliphatic heterocycles. The van der Waals surface area contributed by atoms with Gasteiger partial charge in [0.2, 0.25) is 0 Å². The Morgan fingerprint density at radius 2 is 2.15 bits per heavy atom. The van der Waals surface area contributed by atoms with E-state index >= 15 is 0 Å². The van der Waals surface area contributed by atoms with Crippen LogP contribution in [-0.2, 0) is 0 Å². The average Bonchev–Trinajstić information content (AvgIpc) is 2.41. The van der Waals surface area contributed by atoms with Crippen LogP contribution in [0.3, 0.4) is 0 Å². The number of nitrogens with zero attached hydrogens (tertiary/aromatic N) is 3. The molecular formula is C14H22N4O2. The molecule has 110 valence electrons. The summed E-state index contributed by atoms with van der Waals surface area (Å²) in [6.07, 6.45) is 3.62. The maximum absolute atomic E-state index is 10.7. The van der Waals surface area contributed by atoms with Crippen LogP contribution in [0.1, 0.15) is 25.3 Å². The van der Waals surface area contributed by atoms with E-state index in [2.05, 4.69) is 29.2 Å². The van der Waals surface area contributed by atoms with Crippen LogP contribution in [-0.4, -0.2) is 41.5 Å². The number of pyridine rings is 1. The number of hydrogen-bond acceptors (Lipinski definition) is 5. The monoisotopic (exact) mass is 278 g/mol. The third-order valence-electron chi connectivity index (χ3n) is 4.15. The predicted octanol–water partition coefficient (Wildman–Crippen LogP) is 2.44. The van der Waals surface area contributed by atoms with Gasteiger partial charge in [-0.05, 0) is 50.9 Å². The van der Waals surface area contributed by atoms with Gasteiger partial charge in [0, 0.05) is 12.6 Å². The summed E-state index contributed by atoms with van der Waals surface area (Å²) in [7, 11) is 2.15. The fourth-order valence-electron chi connectivity index (χ4n) is 2.48. The largest absolute Gasteiger partial charge is 0.369 e. The molecule has 6 heteroatoms. The SMILES string of the molecule is Cc1cc([N+](=O)[O-])cnc1NCC1(C)CCN(C)CC1. The number of aryl methyl sites for hydroxylation is 1. The molecule has 0 spiro atoms. The van der Waals surface area contributed by atoms with E-state index in [-0.39, 0.29) is 11.1 Å². The molecular weight excluding hydrogens is 256 g/mol. The second-order valence-electron chi connectivity index (χ2n) is 6.08. The molecule has 20 heavy (non-hydrogen) atoms. The predicted molar refractivity (Wildman–Crippen MR) is 79.0 cm³/mol. The third kappa shape index (κ3) is 3.45. The van der Waals surface area contributed by atoms with Gasteiger partial charge in [-0.3, -0.25) is 10.1 Å². The highest BCUT2D eigenvalue weighted by atomic mass is 16.6. The molecule has 0 aromatic carbocycles. The van der Waals surface area contributed by atoms with E-state index in [9.17, 15) is 10.1 Å². The minimum Gasteiger partial charge on any atom is -0.369 e. The van der Waals surface area contributed by atoms with E-state index in [4.69, 9.17) is 0 Å². The Kier molecular flexibility index (Phi) is 4.23. The maximum atomic E-state index is 10.7. The van der Waals surface area contributed by atoms with Crippen molar-refractivity contribution in [2.24, 2.45) is 5.41 Å². The molecule has 1 aromatic rings. The van der Waals surface area contributed by atoms with Crippen molar-refractivity contribution >= 4 is 11.5 Å². The molecule has 0 bridgehead atoms. The first-order valence-electron chi connectivity index (χ1n) is 6.93. The Hall–Kier alpha value is -1.69. The highest BCUT2D eigenvalue weighted by molar-refractivity contribution is 5.48. The fraction of sp³-hybridized carbons (Fsp3) is 0.643. The summed E-state index contributed by atoms with van der Waals surface area (Å²) in [4.78, 5) is 16.8. The van der Waals surface area contributed by atoms with Crippen LogP contribution in [0.25, 0.3) is 0 Å². The Balaban J connectivity index is 1.99. The van der Waals surface area contributed by atoms with Crippen molar-refractivity contribution in [1.29, 1.82) is 0 Å². The molecule has 2 rings (SSSR count). The highest BCUT2D eigenvalue weighted by Gasteiger charge is 2.28. The van der Waals surface area contributed by atoms with E-state index in [0.717, 1.165) is 43.9 Å². The van der Waals surface area contributed by atoms with E-state index in [0.29, 0.717) is 0 Å². The summed E-state index contributed by atoms with van der Waals surface area (Å²) in [5.74, 6) is 0.746.